The van der Waals surface area contributed by atoms with Crippen molar-refractivity contribution in [2.24, 2.45) is 0 Å². The van der Waals surface area contributed by atoms with Gasteiger partial charge in [-0.2, -0.15) is 0 Å². The van der Waals surface area contributed by atoms with E-state index in [9.17, 15) is 5.11 Å². The van der Waals surface area contributed by atoms with E-state index in [4.69, 9.17) is 0 Å². The fourth-order valence-electron chi connectivity index (χ4n) is 1.78. The quantitative estimate of drug-likeness (QED) is 0.765. The Balaban J connectivity index is 2.58. The largest absolute Gasteiger partial charge is 0.394 e. The van der Waals surface area contributed by atoms with Crippen molar-refractivity contribution < 1.29 is 5.11 Å². The van der Waals surface area contributed by atoms with Crippen LogP contribution in [0, 0.1) is 6.92 Å². The van der Waals surface area contributed by atoms with Crippen molar-refractivity contribution in [2.75, 3.05) is 12.4 Å². The van der Waals surface area contributed by atoms with Crippen LogP contribution in [-0.4, -0.2) is 29.0 Å². The number of nitrogens with one attached hydrogen (secondary N) is 1. The summed E-state index contributed by atoms with van der Waals surface area (Å²) < 4.78 is 0. The molecule has 17 heavy (non-hydrogen) atoms. The highest BCUT2D eigenvalue weighted by Crippen LogP contribution is 2.23. The zero-order chi connectivity index (χ0) is 12.9. The van der Waals surface area contributed by atoms with E-state index in [1.165, 1.54) is 10.5 Å². The summed E-state index contributed by atoms with van der Waals surface area (Å²) in [6, 6.07) is 8.85. The molecule has 1 rings (SSSR count). The summed E-state index contributed by atoms with van der Waals surface area (Å²) in [4.78, 5) is 1.26. The minimum atomic E-state index is -0.220. The Morgan fingerprint density at radius 2 is 2.12 bits per heavy atom. The minimum Gasteiger partial charge on any atom is -0.394 e. The first-order valence-corrected chi connectivity index (χ1v) is 7.02. The molecule has 2 nitrogen and oxygen atoms in total. The zero-order valence-corrected chi connectivity index (χ0v) is 12.0. The summed E-state index contributed by atoms with van der Waals surface area (Å²) >= 11 is 1.79. The summed E-state index contributed by atoms with van der Waals surface area (Å²) in [5.74, 6) is 0.866. The highest BCUT2D eigenvalue weighted by atomic mass is 32.2. The van der Waals surface area contributed by atoms with Gasteiger partial charge >= 0.3 is 0 Å². The molecule has 1 atom stereocenters. The van der Waals surface area contributed by atoms with E-state index in [-0.39, 0.29) is 12.1 Å². The third-order valence-corrected chi connectivity index (χ3v) is 3.90. The standard InChI is InChI=1S/C14H23NOS/c1-11(2)15-14(4,9-16)10-17-13-7-5-6-12(3)8-13/h5-8,11,15-16H,9-10H2,1-4H3. The molecular formula is C14H23NOS. The van der Waals surface area contributed by atoms with E-state index in [1.54, 1.807) is 11.8 Å². The van der Waals surface area contributed by atoms with Crippen molar-refractivity contribution in [3.63, 3.8) is 0 Å². The predicted octanol–water partition coefficient (Wildman–Crippen LogP) is 2.84. The van der Waals surface area contributed by atoms with Crippen LogP contribution >= 0.6 is 11.8 Å². The van der Waals surface area contributed by atoms with E-state index in [1.807, 2.05) is 0 Å². The first-order valence-electron chi connectivity index (χ1n) is 6.03. The third kappa shape index (κ3) is 5.11. The van der Waals surface area contributed by atoms with E-state index in [2.05, 4.69) is 57.3 Å². The van der Waals surface area contributed by atoms with E-state index in [0.717, 1.165) is 5.75 Å². The first kappa shape index (κ1) is 14.6. The summed E-state index contributed by atoms with van der Waals surface area (Å²) in [6.07, 6.45) is 0. The van der Waals surface area contributed by atoms with Gasteiger partial charge in [0.2, 0.25) is 0 Å². The van der Waals surface area contributed by atoms with Gasteiger partial charge in [-0.25, -0.2) is 0 Å². The van der Waals surface area contributed by atoms with Crippen molar-refractivity contribution in [1.29, 1.82) is 0 Å². The van der Waals surface area contributed by atoms with Crippen LogP contribution in [0.1, 0.15) is 26.3 Å². The van der Waals surface area contributed by atoms with Gasteiger partial charge in [-0.3, -0.25) is 0 Å². The summed E-state index contributed by atoms with van der Waals surface area (Å²) in [5.41, 5.74) is 1.06. The molecule has 0 saturated heterocycles. The molecule has 0 aliphatic carbocycles. The van der Waals surface area contributed by atoms with Gasteiger partial charge in [0.05, 0.1) is 6.61 Å². The number of hydrogen-bond acceptors (Lipinski definition) is 3. The summed E-state index contributed by atoms with van der Waals surface area (Å²) in [5, 5.41) is 12.9. The SMILES string of the molecule is Cc1cccc(SCC(C)(CO)NC(C)C)c1. The molecule has 0 bridgehead atoms. The van der Waals surface area contributed by atoms with Crippen LogP contribution in [0.3, 0.4) is 0 Å². The molecule has 0 heterocycles. The Kier molecular flexibility index (Phi) is 5.50. The number of aliphatic hydroxyl groups excluding tert-OH is 1. The topological polar surface area (TPSA) is 32.3 Å². The molecule has 0 radical (unpaired) electrons. The number of hydrogen-bond donors (Lipinski definition) is 2. The Bertz CT molecular complexity index is 354. The van der Waals surface area contributed by atoms with E-state index >= 15 is 0 Å². The average Bonchev–Trinajstić information content (AvgIpc) is 2.26. The lowest BCUT2D eigenvalue weighted by molar-refractivity contribution is 0.183. The van der Waals surface area contributed by atoms with Crippen LogP contribution < -0.4 is 5.32 Å². The van der Waals surface area contributed by atoms with Gasteiger partial charge in [-0.15, -0.1) is 11.8 Å². The minimum absolute atomic E-state index is 0.157. The first-order chi connectivity index (χ1) is 7.95. The molecule has 0 aliphatic heterocycles. The van der Waals surface area contributed by atoms with Crippen molar-refractivity contribution in [2.45, 2.75) is 44.2 Å². The van der Waals surface area contributed by atoms with Crippen LogP contribution in [0.4, 0.5) is 0 Å². The summed E-state index contributed by atoms with van der Waals surface area (Å²) in [6.45, 7) is 8.53. The molecule has 1 unspecified atom stereocenters. The molecule has 1 aromatic carbocycles. The Labute approximate surface area is 109 Å². The van der Waals surface area contributed by atoms with Crippen LogP contribution in [0.2, 0.25) is 0 Å². The molecule has 0 spiro atoms. The van der Waals surface area contributed by atoms with Crippen LogP contribution in [0.5, 0.6) is 0 Å². The van der Waals surface area contributed by atoms with Gasteiger partial charge in [-0.1, -0.05) is 31.5 Å². The molecule has 0 aliphatic rings. The van der Waals surface area contributed by atoms with Gasteiger partial charge < -0.3 is 10.4 Å². The molecule has 3 heteroatoms. The Hall–Kier alpha value is -0.510. The van der Waals surface area contributed by atoms with E-state index < -0.39 is 0 Å². The van der Waals surface area contributed by atoms with Gasteiger partial charge in [0.15, 0.2) is 0 Å². The molecule has 0 amide bonds. The molecular weight excluding hydrogens is 230 g/mol. The summed E-state index contributed by atoms with van der Waals surface area (Å²) in [7, 11) is 0. The maximum Gasteiger partial charge on any atom is 0.0618 e. The maximum atomic E-state index is 9.49. The lowest BCUT2D eigenvalue weighted by Gasteiger charge is -2.30. The lowest BCUT2D eigenvalue weighted by atomic mass is 10.1. The fourth-order valence-corrected chi connectivity index (χ4v) is 2.88. The Morgan fingerprint density at radius 3 is 2.65 bits per heavy atom. The van der Waals surface area contributed by atoms with Crippen LogP contribution in [-0.2, 0) is 0 Å². The highest BCUT2D eigenvalue weighted by molar-refractivity contribution is 7.99. The monoisotopic (exact) mass is 253 g/mol. The lowest BCUT2D eigenvalue weighted by Crippen LogP contribution is -2.51. The molecule has 2 N–H and O–H groups in total. The second-order valence-electron chi connectivity index (χ2n) is 5.12. The highest BCUT2D eigenvalue weighted by Gasteiger charge is 2.23. The average molecular weight is 253 g/mol. The van der Waals surface area contributed by atoms with Gasteiger partial charge in [0, 0.05) is 22.2 Å². The second kappa shape index (κ2) is 6.43. The van der Waals surface area contributed by atoms with Crippen molar-refractivity contribution >= 4 is 11.8 Å². The van der Waals surface area contributed by atoms with Crippen LogP contribution in [0.15, 0.2) is 29.2 Å². The maximum absolute atomic E-state index is 9.49. The van der Waals surface area contributed by atoms with Crippen molar-refractivity contribution in [3.05, 3.63) is 29.8 Å². The number of thioether (sulfide) groups is 1. The van der Waals surface area contributed by atoms with Crippen molar-refractivity contribution in [1.82, 2.24) is 5.32 Å². The molecule has 0 saturated carbocycles. The fraction of sp³-hybridized carbons (Fsp3) is 0.571. The van der Waals surface area contributed by atoms with E-state index in [0.29, 0.717) is 6.04 Å². The van der Waals surface area contributed by atoms with Gasteiger partial charge in [0.25, 0.3) is 0 Å². The number of aryl methyl sites for hydroxylation is 1. The number of benzene rings is 1. The van der Waals surface area contributed by atoms with Gasteiger partial charge in [-0.05, 0) is 26.0 Å². The third-order valence-electron chi connectivity index (χ3n) is 2.53. The zero-order valence-electron chi connectivity index (χ0n) is 11.2. The van der Waals surface area contributed by atoms with Crippen molar-refractivity contribution in [3.8, 4) is 0 Å². The molecule has 1 aromatic rings. The molecule has 96 valence electrons. The smallest absolute Gasteiger partial charge is 0.0618 e. The number of aliphatic hydroxyl groups is 1. The second-order valence-corrected chi connectivity index (χ2v) is 6.17. The number of rotatable bonds is 6. The molecule has 0 aromatic heterocycles. The van der Waals surface area contributed by atoms with Gasteiger partial charge in [0.1, 0.15) is 0 Å². The van der Waals surface area contributed by atoms with Crippen LogP contribution in [0.25, 0.3) is 0 Å². The predicted molar refractivity (Wildman–Crippen MR) is 75.7 cm³/mol. The Morgan fingerprint density at radius 1 is 1.41 bits per heavy atom. The normalized spacial score (nSPS) is 14.9. The molecule has 0 fully saturated rings.